The van der Waals surface area contributed by atoms with Crippen molar-refractivity contribution < 1.29 is 19.1 Å². The predicted molar refractivity (Wildman–Crippen MR) is 80.1 cm³/mol. The minimum absolute atomic E-state index is 0.340. The molecule has 0 saturated carbocycles. The fourth-order valence-corrected chi connectivity index (χ4v) is 1.97. The first-order valence-electron chi connectivity index (χ1n) is 6.65. The Morgan fingerprint density at radius 1 is 1.24 bits per heavy atom. The second-order valence-corrected chi connectivity index (χ2v) is 4.85. The van der Waals surface area contributed by atoms with Crippen LogP contribution in [0.3, 0.4) is 0 Å². The number of carbonyl (C=O) groups is 2. The molecular weight excluding hydrogens is 272 g/mol. The summed E-state index contributed by atoms with van der Waals surface area (Å²) in [6, 6.07) is 2.66. The van der Waals surface area contributed by atoms with Crippen LogP contribution in [0.4, 0.5) is 5.69 Å². The molecule has 3 N–H and O–H groups in total. The average molecular weight is 294 g/mol. The lowest BCUT2D eigenvalue weighted by Gasteiger charge is -2.17. The van der Waals surface area contributed by atoms with Gasteiger partial charge in [-0.25, -0.2) is 4.79 Å². The largest absolute Gasteiger partial charge is 0.467 e. The van der Waals surface area contributed by atoms with Crippen LogP contribution in [0, 0.1) is 13.8 Å². The molecule has 116 valence electrons. The van der Waals surface area contributed by atoms with Crippen molar-refractivity contribution in [2.24, 2.45) is 0 Å². The summed E-state index contributed by atoms with van der Waals surface area (Å²) in [5, 5.41) is 2.66. The zero-order valence-electron chi connectivity index (χ0n) is 12.9. The number of benzene rings is 1. The summed E-state index contributed by atoms with van der Waals surface area (Å²) in [4.78, 5) is 23.9. The Hall–Kier alpha value is -2.08. The minimum Gasteiger partial charge on any atom is -0.467 e. The Balaban J connectivity index is 2.88. The maximum Gasteiger partial charge on any atom is 0.328 e. The van der Waals surface area contributed by atoms with Gasteiger partial charge < -0.3 is 20.5 Å². The van der Waals surface area contributed by atoms with E-state index in [9.17, 15) is 9.59 Å². The maximum atomic E-state index is 12.3. The number of ether oxygens (including phenoxy) is 2. The van der Waals surface area contributed by atoms with Crippen molar-refractivity contribution in [3.63, 3.8) is 0 Å². The SMILES string of the molecule is COCCC(NC(=O)c1cc(C)c(N)c(C)c1)C(=O)OC. The summed E-state index contributed by atoms with van der Waals surface area (Å²) in [6.45, 7) is 4.02. The van der Waals surface area contributed by atoms with Crippen LogP contribution in [-0.4, -0.2) is 38.7 Å². The van der Waals surface area contributed by atoms with Crippen molar-refractivity contribution in [2.45, 2.75) is 26.3 Å². The number of hydrogen-bond donors (Lipinski definition) is 2. The van der Waals surface area contributed by atoms with E-state index in [0.29, 0.717) is 24.3 Å². The second kappa shape index (κ2) is 7.64. The van der Waals surface area contributed by atoms with Crippen LogP contribution in [0.5, 0.6) is 0 Å². The summed E-state index contributed by atoms with van der Waals surface area (Å²) < 4.78 is 9.62. The molecule has 0 aliphatic rings. The van der Waals surface area contributed by atoms with E-state index in [1.54, 1.807) is 12.1 Å². The summed E-state index contributed by atoms with van der Waals surface area (Å²) in [7, 11) is 2.81. The molecule has 0 aliphatic carbocycles. The van der Waals surface area contributed by atoms with Gasteiger partial charge in [-0.1, -0.05) is 0 Å². The van der Waals surface area contributed by atoms with Crippen molar-refractivity contribution in [3.05, 3.63) is 28.8 Å². The lowest BCUT2D eigenvalue weighted by Crippen LogP contribution is -2.42. The number of nitrogens with one attached hydrogen (secondary N) is 1. The molecule has 0 aromatic heterocycles. The number of aryl methyl sites for hydroxylation is 2. The molecular formula is C15H22N2O4. The molecule has 0 aliphatic heterocycles. The van der Waals surface area contributed by atoms with Gasteiger partial charge in [-0.15, -0.1) is 0 Å². The lowest BCUT2D eigenvalue weighted by atomic mass is 10.0. The van der Waals surface area contributed by atoms with Gasteiger partial charge in [-0.05, 0) is 37.1 Å². The molecule has 0 saturated heterocycles. The number of nitrogens with two attached hydrogens (primary N) is 1. The van der Waals surface area contributed by atoms with Crippen molar-refractivity contribution in [1.82, 2.24) is 5.32 Å². The Morgan fingerprint density at radius 3 is 2.29 bits per heavy atom. The van der Waals surface area contributed by atoms with Crippen LogP contribution in [0.25, 0.3) is 0 Å². The first kappa shape index (κ1) is 17.0. The number of nitrogen functional groups attached to an aromatic ring is 1. The number of methoxy groups -OCH3 is 2. The number of rotatable bonds is 6. The van der Waals surface area contributed by atoms with Gasteiger partial charge in [0.15, 0.2) is 0 Å². The number of hydrogen-bond acceptors (Lipinski definition) is 5. The monoisotopic (exact) mass is 294 g/mol. The van der Waals surface area contributed by atoms with Gasteiger partial charge >= 0.3 is 5.97 Å². The standard InChI is InChI=1S/C15H22N2O4/c1-9-7-11(8-10(2)13(9)16)14(18)17-12(5-6-20-3)15(19)21-4/h7-8,12H,5-6,16H2,1-4H3,(H,17,18). The average Bonchev–Trinajstić information content (AvgIpc) is 2.47. The molecule has 1 aromatic rings. The zero-order valence-corrected chi connectivity index (χ0v) is 12.9. The summed E-state index contributed by atoms with van der Waals surface area (Å²) in [5.41, 5.74) is 8.64. The smallest absolute Gasteiger partial charge is 0.328 e. The second-order valence-electron chi connectivity index (χ2n) is 4.85. The van der Waals surface area contributed by atoms with E-state index in [4.69, 9.17) is 10.5 Å². The van der Waals surface area contributed by atoms with E-state index in [1.807, 2.05) is 13.8 Å². The Bertz CT molecular complexity index is 505. The molecule has 1 atom stereocenters. The molecule has 1 amide bonds. The highest BCUT2D eigenvalue weighted by Gasteiger charge is 2.22. The predicted octanol–water partition coefficient (Wildman–Crippen LogP) is 1.19. The molecule has 1 rings (SSSR count). The van der Waals surface area contributed by atoms with Gasteiger partial charge in [0.2, 0.25) is 0 Å². The molecule has 6 heteroatoms. The quantitative estimate of drug-likeness (QED) is 0.607. The van der Waals surface area contributed by atoms with E-state index in [1.165, 1.54) is 14.2 Å². The van der Waals surface area contributed by atoms with Crippen LogP contribution >= 0.6 is 0 Å². The number of esters is 1. The third-order valence-electron chi connectivity index (χ3n) is 3.26. The molecule has 0 spiro atoms. The summed E-state index contributed by atoms with van der Waals surface area (Å²) >= 11 is 0. The minimum atomic E-state index is -0.736. The van der Waals surface area contributed by atoms with Gasteiger partial charge in [0.1, 0.15) is 6.04 Å². The van der Waals surface area contributed by atoms with Crippen molar-refractivity contribution >= 4 is 17.6 Å². The van der Waals surface area contributed by atoms with E-state index in [-0.39, 0.29) is 5.91 Å². The van der Waals surface area contributed by atoms with Crippen LogP contribution < -0.4 is 11.1 Å². The highest BCUT2D eigenvalue weighted by molar-refractivity contribution is 5.97. The van der Waals surface area contributed by atoms with E-state index >= 15 is 0 Å². The van der Waals surface area contributed by atoms with Gasteiger partial charge in [0, 0.05) is 31.4 Å². The molecule has 0 radical (unpaired) electrons. The van der Waals surface area contributed by atoms with Gasteiger partial charge in [-0.3, -0.25) is 4.79 Å². The Labute approximate surface area is 124 Å². The molecule has 0 fully saturated rings. The van der Waals surface area contributed by atoms with Crippen molar-refractivity contribution in [1.29, 1.82) is 0 Å². The van der Waals surface area contributed by atoms with Crippen LogP contribution in [0.2, 0.25) is 0 Å². The maximum absolute atomic E-state index is 12.3. The van der Waals surface area contributed by atoms with E-state index < -0.39 is 12.0 Å². The summed E-state index contributed by atoms with van der Waals surface area (Å²) in [5.74, 6) is -0.836. The first-order chi connectivity index (χ1) is 9.90. The third kappa shape index (κ3) is 4.46. The molecule has 21 heavy (non-hydrogen) atoms. The first-order valence-corrected chi connectivity index (χ1v) is 6.65. The molecule has 0 bridgehead atoms. The Kier molecular flexibility index (Phi) is 6.17. The van der Waals surface area contributed by atoms with Crippen LogP contribution in [-0.2, 0) is 14.3 Å². The zero-order chi connectivity index (χ0) is 16.0. The highest BCUT2D eigenvalue weighted by atomic mass is 16.5. The van der Waals surface area contributed by atoms with Gasteiger partial charge in [-0.2, -0.15) is 0 Å². The topological polar surface area (TPSA) is 90.6 Å². The molecule has 0 heterocycles. The van der Waals surface area contributed by atoms with Crippen molar-refractivity contribution in [3.8, 4) is 0 Å². The van der Waals surface area contributed by atoms with Crippen LogP contribution in [0.15, 0.2) is 12.1 Å². The van der Waals surface area contributed by atoms with Gasteiger partial charge in [0.05, 0.1) is 7.11 Å². The highest BCUT2D eigenvalue weighted by Crippen LogP contribution is 2.18. The number of carbonyl (C=O) groups excluding carboxylic acids is 2. The van der Waals surface area contributed by atoms with E-state index in [2.05, 4.69) is 10.1 Å². The normalized spacial score (nSPS) is 11.8. The van der Waals surface area contributed by atoms with Gasteiger partial charge in [0.25, 0.3) is 5.91 Å². The van der Waals surface area contributed by atoms with Crippen LogP contribution in [0.1, 0.15) is 27.9 Å². The summed E-state index contributed by atoms with van der Waals surface area (Å²) in [6.07, 6.45) is 0.349. The molecule has 1 aromatic carbocycles. The number of anilines is 1. The van der Waals surface area contributed by atoms with E-state index in [0.717, 1.165) is 11.1 Å². The fourth-order valence-electron chi connectivity index (χ4n) is 1.97. The number of amides is 1. The fraction of sp³-hybridized carbons (Fsp3) is 0.467. The Morgan fingerprint density at radius 2 is 1.81 bits per heavy atom. The molecule has 1 unspecified atom stereocenters. The third-order valence-corrected chi connectivity index (χ3v) is 3.26. The molecule has 6 nitrogen and oxygen atoms in total. The van der Waals surface area contributed by atoms with Crippen molar-refractivity contribution in [2.75, 3.05) is 26.6 Å². The lowest BCUT2D eigenvalue weighted by molar-refractivity contribution is -0.143.